The van der Waals surface area contributed by atoms with Crippen LogP contribution in [0.25, 0.3) is 0 Å². The molecular formula is C14H19N3O3S. The van der Waals surface area contributed by atoms with Gasteiger partial charge in [-0.05, 0) is 25.0 Å². The molecule has 0 bridgehead atoms. The SMILES string of the molecule is CS(=O)(=O)CC1(CNc2ccc(C#N)cn2)CCOCC1. The fourth-order valence-corrected chi connectivity index (χ4v) is 4.08. The molecule has 114 valence electrons. The van der Waals surface area contributed by atoms with Gasteiger partial charge in [-0.15, -0.1) is 0 Å². The van der Waals surface area contributed by atoms with Crippen LogP contribution < -0.4 is 5.32 Å². The highest BCUT2D eigenvalue weighted by Gasteiger charge is 2.35. The summed E-state index contributed by atoms with van der Waals surface area (Å²) >= 11 is 0. The van der Waals surface area contributed by atoms with E-state index in [4.69, 9.17) is 10.00 Å². The van der Waals surface area contributed by atoms with Crippen LogP contribution in [0.2, 0.25) is 0 Å². The second kappa shape index (κ2) is 6.41. The Balaban J connectivity index is 2.06. The zero-order valence-corrected chi connectivity index (χ0v) is 12.8. The number of aromatic nitrogens is 1. The highest BCUT2D eigenvalue weighted by atomic mass is 32.2. The molecule has 1 N–H and O–H groups in total. The predicted octanol–water partition coefficient (Wildman–Crippen LogP) is 1.21. The summed E-state index contributed by atoms with van der Waals surface area (Å²) in [4.78, 5) is 4.15. The number of hydrogen-bond donors (Lipinski definition) is 1. The number of sulfone groups is 1. The van der Waals surface area contributed by atoms with Crippen molar-refractivity contribution in [1.29, 1.82) is 5.26 Å². The number of anilines is 1. The van der Waals surface area contributed by atoms with E-state index in [-0.39, 0.29) is 11.2 Å². The van der Waals surface area contributed by atoms with E-state index in [0.717, 1.165) is 0 Å². The molecule has 0 radical (unpaired) electrons. The zero-order chi connectivity index (χ0) is 15.3. The Morgan fingerprint density at radius 2 is 2.14 bits per heavy atom. The highest BCUT2D eigenvalue weighted by molar-refractivity contribution is 7.90. The molecule has 1 aromatic heterocycles. The lowest BCUT2D eigenvalue weighted by Gasteiger charge is -2.36. The van der Waals surface area contributed by atoms with Crippen LogP contribution in [0.4, 0.5) is 5.82 Å². The molecule has 0 saturated carbocycles. The lowest BCUT2D eigenvalue weighted by atomic mass is 9.82. The molecular weight excluding hydrogens is 290 g/mol. The first kappa shape index (κ1) is 15.7. The van der Waals surface area contributed by atoms with E-state index >= 15 is 0 Å². The van der Waals surface area contributed by atoms with Gasteiger partial charge in [0.05, 0.1) is 11.3 Å². The summed E-state index contributed by atoms with van der Waals surface area (Å²) in [6.45, 7) is 1.69. The molecule has 1 aliphatic heterocycles. The normalized spacial score (nSPS) is 17.9. The van der Waals surface area contributed by atoms with E-state index in [1.807, 2.05) is 6.07 Å². The van der Waals surface area contributed by atoms with Crippen LogP contribution in [0.5, 0.6) is 0 Å². The van der Waals surface area contributed by atoms with Crippen molar-refractivity contribution in [2.24, 2.45) is 5.41 Å². The van der Waals surface area contributed by atoms with Crippen molar-refractivity contribution in [1.82, 2.24) is 4.98 Å². The van der Waals surface area contributed by atoms with Gasteiger partial charge in [0.2, 0.25) is 0 Å². The van der Waals surface area contributed by atoms with E-state index < -0.39 is 9.84 Å². The molecule has 1 aliphatic rings. The zero-order valence-electron chi connectivity index (χ0n) is 12.0. The lowest BCUT2D eigenvalue weighted by Crippen LogP contribution is -2.41. The Labute approximate surface area is 125 Å². The molecule has 2 rings (SSSR count). The smallest absolute Gasteiger partial charge is 0.148 e. The van der Waals surface area contributed by atoms with Gasteiger partial charge >= 0.3 is 0 Å². The van der Waals surface area contributed by atoms with E-state index in [1.54, 1.807) is 12.1 Å². The van der Waals surface area contributed by atoms with Gasteiger partial charge in [0.25, 0.3) is 0 Å². The first-order valence-electron chi connectivity index (χ1n) is 6.78. The summed E-state index contributed by atoms with van der Waals surface area (Å²) in [5.41, 5.74) is 0.180. The second-order valence-electron chi connectivity index (χ2n) is 5.58. The third kappa shape index (κ3) is 4.69. The molecule has 0 aromatic carbocycles. The largest absolute Gasteiger partial charge is 0.381 e. The summed E-state index contributed by atoms with van der Waals surface area (Å²) in [6.07, 6.45) is 4.19. The molecule has 0 unspecified atom stereocenters. The maximum Gasteiger partial charge on any atom is 0.148 e. The number of pyridine rings is 1. The Morgan fingerprint density at radius 1 is 1.43 bits per heavy atom. The highest BCUT2D eigenvalue weighted by Crippen LogP contribution is 2.32. The molecule has 7 heteroatoms. The van der Waals surface area contributed by atoms with Crippen LogP contribution in [0.15, 0.2) is 18.3 Å². The third-order valence-electron chi connectivity index (χ3n) is 3.66. The topological polar surface area (TPSA) is 92.1 Å². The van der Waals surface area contributed by atoms with Crippen molar-refractivity contribution in [3.8, 4) is 6.07 Å². The third-order valence-corrected chi connectivity index (χ3v) is 4.80. The molecule has 0 aliphatic carbocycles. The van der Waals surface area contributed by atoms with Crippen LogP contribution in [0.3, 0.4) is 0 Å². The Kier molecular flexibility index (Phi) is 4.80. The average molecular weight is 309 g/mol. The van der Waals surface area contributed by atoms with Crippen LogP contribution in [0, 0.1) is 16.7 Å². The van der Waals surface area contributed by atoms with Gasteiger partial charge in [-0.3, -0.25) is 0 Å². The van der Waals surface area contributed by atoms with Crippen LogP contribution in [-0.2, 0) is 14.6 Å². The molecule has 1 aromatic rings. The predicted molar refractivity (Wildman–Crippen MR) is 79.6 cm³/mol. The molecule has 1 fully saturated rings. The fourth-order valence-electron chi connectivity index (χ4n) is 2.58. The summed E-state index contributed by atoms with van der Waals surface area (Å²) in [7, 11) is -3.06. The molecule has 1 saturated heterocycles. The van der Waals surface area contributed by atoms with Gasteiger partial charge in [0.1, 0.15) is 21.7 Å². The molecule has 6 nitrogen and oxygen atoms in total. The number of hydrogen-bond acceptors (Lipinski definition) is 6. The van der Waals surface area contributed by atoms with Gasteiger partial charge < -0.3 is 10.1 Å². The molecule has 0 atom stereocenters. The Hall–Kier alpha value is -1.65. The summed E-state index contributed by atoms with van der Waals surface area (Å²) in [5.74, 6) is 0.792. The van der Waals surface area contributed by atoms with Gasteiger partial charge in [0.15, 0.2) is 0 Å². The Bertz CT molecular complexity index is 614. The van der Waals surface area contributed by atoms with Crippen molar-refractivity contribution in [3.63, 3.8) is 0 Å². The first-order chi connectivity index (χ1) is 9.92. The van der Waals surface area contributed by atoms with Gasteiger partial charge in [-0.25, -0.2) is 13.4 Å². The van der Waals surface area contributed by atoms with E-state index in [2.05, 4.69) is 10.3 Å². The van der Waals surface area contributed by atoms with Crippen LogP contribution in [-0.4, -0.2) is 45.2 Å². The number of ether oxygens (including phenoxy) is 1. The van der Waals surface area contributed by atoms with Gasteiger partial charge in [-0.1, -0.05) is 0 Å². The van der Waals surface area contributed by atoms with Crippen molar-refractivity contribution in [3.05, 3.63) is 23.9 Å². The number of nitrogens with one attached hydrogen (secondary N) is 1. The van der Waals surface area contributed by atoms with E-state index in [0.29, 0.717) is 44.0 Å². The van der Waals surface area contributed by atoms with Gasteiger partial charge in [0, 0.05) is 37.6 Å². The first-order valence-corrected chi connectivity index (χ1v) is 8.84. The van der Waals surface area contributed by atoms with E-state index in [1.165, 1.54) is 12.5 Å². The van der Waals surface area contributed by atoms with Crippen molar-refractivity contribution in [2.45, 2.75) is 12.8 Å². The number of rotatable bonds is 5. The maximum absolute atomic E-state index is 11.7. The Morgan fingerprint density at radius 3 is 2.67 bits per heavy atom. The summed E-state index contributed by atoms with van der Waals surface area (Å²) in [5, 5.41) is 11.9. The molecule has 0 spiro atoms. The van der Waals surface area contributed by atoms with Crippen molar-refractivity contribution >= 4 is 15.7 Å². The number of nitrogens with zero attached hydrogens (tertiary/aromatic N) is 2. The van der Waals surface area contributed by atoms with Crippen LogP contribution >= 0.6 is 0 Å². The minimum atomic E-state index is -3.06. The monoisotopic (exact) mass is 309 g/mol. The second-order valence-corrected chi connectivity index (χ2v) is 7.72. The molecule has 0 amide bonds. The summed E-state index contributed by atoms with van der Waals surface area (Å²) < 4.78 is 28.7. The molecule has 21 heavy (non-hydrogen) atoms. The van der Waals surface area contributed by atoms with Crippen LogP contribution in [0.1, 0.15) is 18.4 Å². The minimum Gasteiger partial charge on any atom is -0.381 e. The standard InChI is InChI=1S/C14H19N3O3S/c1-21(18,19)11-14(4-6-20-7-5-14)10-17-13-3-2-12(8-15)9-16-13/h2-3,9H,4-7,10-11H2,1H3,(H,16,17). The minimum absolute atomic E-state index is 0.145. The average Bonchev–Trinajstić information content (AvgIpc) is 2.45. The van der Waals surface area contributed by atoms with E-state index in [9.17, 15) is 8.42 Å². The van der Waals surface area contributed by atoms with Crippen molar-refractivity contribution in [2.75, 3.05) is 37.1 Å². The molecule has 2 heterocycles. The number of nitriles is 1. The van der Waals surface area contributed by atoms with Crippen molar-refractivity contribution < 1.29 is 13.2 Å². The summed E-state index contributed by atoms with van der Waals surface area (Å²) in [6, 6.07) is 5.42. The fraction of sp³-hybridized carbons (Fsp3) is 0.571. The quantitative estimate of drug-likeness (QED) is 0.879. The van der Waals surface area contributed by atoms with Gasteiger partial charge in [-0.2, -0.15) is 5.26 Å². The lowest BCUT2D eigenvalue weighted by molar-refractivity contribution is 0.0315. The maximum atomic E-state index is 11.7.